The summed E-state index contributed by atoms with van der Waals surface area (Å²) in [5.74, 6) is 0. The highest BCUT2D eigenvalue weighted by atomic mass is 35.8. The predicted molar refractivity (Wildman–Crippen MR) is 46.5 cm³/mol. The van der Waals surface area contributed by atoms with E-state index in [1.54, 1.807) is 0 Å². The molecule has 0 nitrogen and oxygen atoms in total. The van der Waals surface area contributed by atoms with Crippen molar-refractivity contribution >= 4 is 77.2 Å². The minimum atomic E-state index is -1.72. The Morgan fingerprint density at radius 1 is 0.714 bits per heavy atom. The van der Waals surface area contributed by atoms with Crippen LogP contribution in [-0.2, 0) is 0 Å². The van der Waals surface area contributed by atoms with E-state index < -0.39 is 6.73 Å². The largest absolute Gasteiger partial charge is 0.326 e. The third-order valence-electron chi connectivity index (χ3n) is 0. The predicted octanol–water partition coefficient (Wildman–Crippen LogP) is 2.69. The summed E-state index contributed by atoms with van der Waals surface area (Å²) < 4.78 is 0. The van der Waals surface area contributed by atoms with Gasteiger partial charge in [0.15, 0.2) is 0 Å². The van der Waals surface area contributed by atoms with Crippen molar-refractivity contribution in [1.82, 2.24) is 0 Å². The molecular formula is H4Cl6Si. The average molecular weight is 245 g/mol. The summed E-state index contributed by atoms with van der Waals surface area (Å²) in [6.45, 7) is -1.72. The van der Waals surface area contributed by atoms with Crippen LogP contribution in [0.1, 0.15) is 0 Å². The van der Waals surface area contributed by atoms with Gasteiger partial charge in [-0.25, -0.2) is 0 Å². The molecule has 50 valence electrons. The average Bonchev–Trinajstić information content (AvgIpc) is 0.811. The molecule has 0 spiro atoms. The molecule has 7 heteroatoms. The van der Waals surface area contributed by atoms with Gasteiger partial charge in [-0.2, -0.15) is 0 Å². The third-order valence-corrected chi connectivity index (χ3v) is 0. The van der Waals surface area contributed by atoms with Crippen molar-refractivity contribution < 1.29 is 0 Å². The van der Waals surface area contributed by atoms with Crippen molar-refractivity contribution in [2.75, 3.05) is 0 Å². The van der Waals surface area contributed by atoms with Crippen LogP contribution in [0.25, 0.3) is 0 Å². The van der Waals surface area contributed by atoms with Crippen LogP contribution < -0.4 is 0 Å². The molecule has 0 saturated carbocycles. The molecule has 0 rings (SSSR count). The summed E-state index contributed by atoms with van der Waals surface area (Å²) >= 11 is 14.8. The minimum absolute atomic E-state index is 0. The van der Waals surface area contributed by atoms with Gasteiger partial charge in [-0.1, -0.05) is 0 Å². The fourth-order valence-corrected chi connectivity index (χ4v) is 0. The van der Waals surface area contributed by atoms with Gasteiger partial charge in [0.2, 0.25) is 0 Å². The first-order chi connectivity index (χ1) is 1.73. The van der Waals surface area contributed by atoms with Gasteiger partial charge in [0.05, 0.1) is 0 Å². The van der Waals surface area contributed by atoms with Gasteiger partial charge in [0.1, 0.15) is 0 Å². The molecule has 0 N–H and O–H groups in total. The minimum Gasteiger partial charge on any atom is -0.147 e. The molecule has 0 aliphatic heterocycles. The Kier molecular flexibility index (Phi) is 51.7. The van der Waals surface area contributed by atoms with E-state index in [4.69, 9.17) is 33.2 Å². The summed E-state index contributed by atoms with van der Waals surface area (Å²) in [6, 6.07) is 0. The smallest absolute Gasteiger partial charge is 0.147 e. The Labute approximate surface area is 76.8 Å². The highest BCUT2D eigenvalue weighted by Crippen LogP contribution is 1.97. The van der Waals surface area contributed by atoms with E-state index >= 15 is 0 Å². The Hall–Kier alpha value is 1.96. The first-order valence-corrected chi connectivity index (χ1v) is 5.89. The number of rotatable bonds is 0. The summed E-state index contributed by atoms with van der Waals surface area (Å²) in [4.78, 5) is 0. The summed E-state index contributed by atoms with van der Waals surface area (Å²) in [5, 5.41) is 0. The standard InChI is InChI=1S/Cl3HSi.3ClH/c1-4(2)3;;;/h4H;3*1H. The first kappa shape index (κ1) is 23.1. The molecule has 0 heterocycles. The zero-order valence-electron chi connectivity index (χ0n) is 2.94. The van der Waals surface area contributed by atoms with Gasteiger partial charge in [-0.05, 0) is 0 Å². The van der Waals surface area contributed by atoms with E-state index in [-0.39, 0.29) is 37.2 Å². The molecule has 0 bridgehead atoms. The SMILES string of the molecule is Cl.Cl.Cl.Cl[SiH](Cl)Cl. The molecule has 0 fully saturated rings. The number of halogens is 6. The lowest BCUT2D eigenvalue weighted by atomic mass is 27.7. The molecule has 7 heavy (non-hydrogen) atoms. The molecule has 0 saturated heterocycles. The van der Waals surface area contributed by atoms with Gasteiger partial charge in [-0.15, -0.1) is 70.5 Å². The quantitative estimate of drug-likeness (QED) is 0.454. The Morgan fingerprint density at radius 3 is 0.714 bits per heavy atom. The first-order valence-electron chi connectivity index (χ1n) is 0.655. The molecule has 0 aromatic heterocycles. The molecule has 0 aromatic rings. The van der Waals surface area contributed by atoms with Gasteiger partial charge < -0.3 is 0 Å². The van der Waals surface area contributed by atoms with Crippen LogP contribution in [0.4, 0.5) is 0 Å². The molecule has 0 radical (unpaired) electrons. The topological polar surface area (TPSA) is 0 Å². The van der Waals surface area contributed by atoms with Crippen LogP contribution in [0.5, 0.6) is 0 Å². The van der Waals surface area contributed by atoms with Crippen LogP contribution in [0.2, 0.25) is 0 Å². The van der Waals surface area contributed by atoms with Crippen LogP contribution in [-0.4, -0.2) is 6.73 Å². The zero-order chi connectivity index (χ0) is 3.58. The summed E-state index contributed by atoms with van der Waals surface area (Å²) in [7, 11) is 0. The van der Waals surface area contributed by atoms with Crippen LogP contribution in [0, 0.1) is 0 Å². The van der Waals surface area contributed by atoms with Gasteiger partial charge in [0.25, 0.3) is 0 Å². The highest BCUT2D eigenvalue weighted by molar-refractivity contribution is 7.54. The molecule has 0 aromatic carbocycles. The van der Waals surface area contributed by atoms with Gasteiger partial charge in [0, 0.05) is 0 Å². The van der Waals surface area contributed by atoms with Crippen LogP contribution >= 0.6 is 70.5 Å². The lowest BCUT2D eigenvalue weighted by Gasteiger charge is -1.65. The maximum absolute atomic E-state index is 4.94. The van der Waals surface area contributed by atoms with E-state index in [1.165, 1.54) is 0 Å². The monoisotopic (exact) mass is 242 g/mol. The molecule has 0 unspecified atom stereocenters. The Balaban J connectivity index is -0.0000000150. The van der Waals surface area contributed by atoms with Crippen molar-refractivity contribution in [3.63, 3.8) is 0 Å². The second-order valence-electron chi connectivity index (χ2n) is 0.247. The maximum Gasteiger partial charge on any atom is 0.326 e. The normalized spacial score (nSPS) is 5.14. The zero-order valence-corrected chi connectivity index (χ0v) is 8.81. The Bertz CT molecular complexity index is 8.90. The highest BCUT2D eigenvalue weighted by Gasteiger charge is 1.85. The molecule has 0 aliphatic rings. The summed E-state index contributed by atoms with van der Waals surface area (Å²) in [6.07, 6.45) is 0. The second kappa shape index (κ2) is 15.7. The third kappa shape index (κ3) is 73.7. The maximum atomic E-state index is 4.94. The van der Waals surface area contributed by atoms with Crippen molar-refractivity contribution in [2.24, 2.45) is 0 Å². The van der Waals surface area contributed by atoms with Gasteiger partial charge >= 0.3 is 6.73 Å². The second-order valence-corrected chi connectivity index (χ2v) is 6.68. The van der Waals surface area contributed by atoms with E-state index in [0.29, 0.717) is 0 Å². The molecule has 0 atom stereocenters. The van der Waals surface area contributed by atoms with E-state index in [2.05, 4.69) is 0 Å². The van der Waals surface area contributed by atoms with Crippen molar-refractivity contribution in [1.29, 1.82) is 0 Å². The lowest BCUT2D eigenvalue weighted by molar-refractivity contribution is 4.07. The fourth-order valence-electron chi connectivity index (χ4n) is 0. The van der Waals surface area contributed by atoms with Crippen LogP contribution in [0.15, 0.2) is 0 Å². The summed E-state index contributed by atoms with van der Waals surface area (Å²) in [5.41, 5.74) is 0. The molecule has 0 aliphatic carbocycles. The molecular weight excluding hydrogens is 241 g/mol. The Morgan fingerprint density at radius 2 is 0.714 bits per heavy atom. The number of hydrogen-bond donors (Lipinski definition) is 0. The van der Waals surface area contributed by atoms with Crippen molar-refractivity contribution in [3.8, 4) is 0 Å². The molecule has 0 amide bonds. The van der Waals surface area contributed by atoms with Crippen molar-refractivity contribution in [2.45, 2.75) is 0 Å². The van der Waals surface area contributed by atoms with Crippen LogP contribution in [0.3, 0.4) is 0 Å². The number of hydrogen-bond acceptors (Lipinski definition) is 0. The lowest BCUT2D eigenvalue weighted by Crippen LogP contribution is -1.66. The van der Waals surface area contributed by atoms with Crippen molar-refractivity contribution in [3.05, 3.63) is 0 Å². The fraction of sp³-hybridized carbons (Fsp3) is 0. The van der Waals surface area contributed by atoms with E-state index in [1.807, 2.05) is 0 Å². The van der Waals surface area contributed by atoms with E-state index in [0.717, 1.165) is 0 Å². The van der Waals surface area contributed by atoms with Gasteiger partial charge in [-0.3, -0.25) is 0 Å². The van der Waals surface area contributed by atoms with E-state index in [9.17, 15) is 0 Å².